The molecule has 0 radical (unpaired) electrons. The molecule has 2 aromatic carbocycles. The molecule has 142 valence electrons. The van der Waals surface area contributed by atoms with Crippen LogP contribution in [0, 0.1) is 0 Å². The summed E-state index contributed by atoms with van der Waals surface area (Å²) in [6, 6.07) is 10.8. The van der Waals surface area contributed by atoms with Gasteiger partial charge in [0.15, 0.2) is 0 Å². The van der Waals surface area contributed by atoms with Crippen LogP contribution in [0.2, 0.25) is 0 Å². The monoisotopic (exact) mass is 366 g/mol. The van der Waals surface area contributed by atoms with Crippen LogP contribution in [0.3, 0.4) is 0 Å². The third kappa shape index (κ3) is 4.88. The van der Waals surface area contributed by atoms with Crippen LogP contribution >= 0.6 is 0 Å². The average molecular weight is 366 g/mol. The molecule has 0 spiro atoms. The molecule has 1 aliphatic carbocycles. The van der Waals surface area contributed by atoms with Crippen molar-refractivity contribution in [3.8, 4) is 5.75 Å². The molecule has 2 aromatic rings. The van der Waals surface area contributed by atoms with E-state index in [2.05, 4.69) is 10.6 Å². The molecule has 0 fully saturated rings. The minimum Gasteiger partial charge on any atom is -0.507 e. The molecule has 1 aliphatic rings. The third-order valence-electron chi connectivity index (χ3n) is 4.73. The minimum atomic E-state index is -0.328. The van der Waals surface area contributed by atoms with E-state index in [1.54, 1.807) is 18.2 Å². The summed E-state index contributed by atoms with van der Waals surface area (Å²) < 4.78 is 0. The Morgan fingerprint density at radius 1 is 1.04 bits per heavy atom. The summed E-state index contributed by atoms with van der Waals surface area (Å²) in [7, 11) is 0. The highest BCUT2D eigenvalue weighted by atomic mass is 16.3. The summed E-state index contributed by atoms with van der Waals surface area (Å²) in [6.45, 7) is 3.85. The van der Waals surface area contributed by atoms with Crippen molar-refractivity contribution in [3.63, 3.8) is 0 Å². The van der Waals surface area contributed by atoms with E-state index in [1.807, 2.05) is 32.0 Å². The van der Waals surface area contributed by atoms with E-state index in [4.69, 9.17) is 0 Å². The van der Waals surface area contributed by atoms with Crippen molar-refractivity contribution in [2.75, 3.05) is 5.32 Å². The fourth-order valence-corrected chi connectivity index (χ4v) is 3.42. The van der Waals surface area contributed by atoms with Gasteiger partial charge in [0.05, 0.1) is 12.0 Å². The first-order chi connectivity index (χ1) is 12.9. The number of hydrogen-bond acceptors (Lipinski definition) is 3. The first-order valence-corrected chi connectivity index (χ1v) is 9.47. The van der Waals surface area contributed by atoms with Gasteiger partial charge >= 0.3 is 0 Å². The number of fused-ring (bicyclic) bond motifs is 1. The van der Waals surface area contributed by atoms with Crippen molar-refractivity contribution in [2.24, 2.45) is 0 Å². The fourth-order valence-electron chi connectivity index (χ4n) is 3.42. The van der Waals surface area contributed by atoms with Crippen molar-refractivity contribution < 1.29 is 14.7 Å². The lowest BCUT2D eigenvalue weighted by molar-refractivity contribution is -0.120. The number of phenolic OH excluding ortho intramolecular Hbond substituents is 1. The van der Waals surface area contributed by atoms with E-state index in [0.29, 0.717) is 17.7 Å². The number of phenols is 1. The van der Waals surface area contributed by atoms with E-state index in [9.17, 15) is 14.7 Å². The van der Waals surface area contributed by atoms with E-state index in [-0.39, 0.29) is 23.6 Å². The lowest BCUT2D eigenvalue weighted by atomic mass is 9.90. The molecule has 2 amide bonds. The Balaban J connectivity index is 1.67. The number of anilines is 1. The van der Waals surface area contributed by atoms with Crippen LogP contribution in [0.1, 0.15) is 53.7 Å². The average Bonchev–Trinajstić information content (AvgIpc) is 2.62. The molecule has 0 bridgehead atoms. The normalized spacial score (nSPS) is 13.1. The Bertz CT molecular complexity index is 841. The summed E-state index contributed by atoms with van der Waals surface area (Å²) in [5.41, 5.74) is 4.10. The second-order valence-electron chi connectivity index (χ2n) is 7.40. The predicted molar refractivity (Wildman–Crippen MR) is 106 cm³/mol. The maximum atomic E-state index is 12.6. The molecule has 3 rings (SSSR count). The second kappa shape index (κ2) is 8.25. The molecule has 27 heavy (non-hydrogen) atoms. The molecular weight excluding hydrogens is 340 g/mol. The van der Waals surface area contributed by atoms with Gasteiger partial charge in [0.2, 0.25) is 5.91 Å². The highest BCUT2D eigenvalue weighted by molar-refractivity contribution is 6.06. The largest absolute Gasteiger partial charge is 0.507 e. The van der Waals surface area contributed by atoms with Crippen LogP contribution in [0.25, 0.3) is 0 Å². The third-order valence-corrected chi connectivity index (χ3v) is 4.73. The van der Waals surface area contributed by atoms with Gasteiger partial charge in [-0.15, -0.1) is 0 Å². The molecule has 0 unspecified atom stereocenters. The molecule has 0 atom stereocenters. The van der Waals surface area contributed by atoms with E-state index in [0.717, 1.165) is 42.4 Å². The highest BCUT2D eigenvalue weighted by Gasteiger charge is 2.17. The quantitative estimate of drug-likeness (QED) is 0.757. The Labute approximate surface area is 159 Å². The highest BCUT2D eigenvalue weighted by Crippen LogP contribution is 2.29. The smallest absolute Gasteiger partial charge is 0.259 e. The number of amides is 2. The Morgan fingerprint density at radius 3 is 2.30 bits per heavy atom. The van der Waals surface area contributed by atoms with Crippen molar-refractivity contribution in [3.05, 3.63) is 58.7 Å². The molecule has 5 nitrogen and oxygen atoms in total. The van der Waals surface area contributed by atoms with Crippen LogP contribution in [-0.4, -0.2) is 23.0 Å². The van der Waals surface area contributed by atoms with Crippen molar-refractivity contribution >= 4 is 17.5 Å². The van der Waals surface area contributed by atoms with Gasteiger partial charge in [0, 0.05) is 11.7 Å². The lowest BCUT2D eigenvalue weighted by Gasteiger charge is -2.17. The summed E-state index contributed by atoms with van der Waals surface area (Å²) in [4.78, 5) is 24.4. The zero-order chi connectivity index (χ0) is 19.4. The number of aryl methyl sites for hydroxylation is 2. The Morgan fingerprint density at radius 2 is 1.67 bits per heavy atom. The molecule has 0 aliphatic heterocycles. The van der Waals surface area contributed by atoms with Gasteiger partial charge in [-0.2, -0.15) is 0 Å². The van der Waals surface area contributed by atoms with Gasteiger partial charge in [-0.3, -0.25) is 9.59 Å². The maximum Gasteiger partial charge on any atom is 0.259 e. The zero-order valence-corrected chi connectivity index (χ0v) is 15.8. The second-order valence-corrected chi connectivity index (χ2v) is 7.40. The molecular formula is C22H26N2O3. The summed E-state index contributed by atoms with van der Waals surface area (Å²) in [5, 5.41) is 15.9. The number of carbonyl (C=O) groups is 2. The Kier molecular flexibility index (Phi) is 5.79. The number of benzene rings is 2. The van der Waals surface area contributed by atoms with Gasteiger partial charge in [0.25, 0.3) is 5.91 Å². The molecule has 0 heterocycles. The van der Waals surface area contributed by atoms with Gasteiger partial charge < -0.3 is 15.7 Å². The molecule has 3 N–H and O–H groups in total. The lowest BCUT2D eigenvalue weighted by Crippen LogP contribution is -2.31. The van der Waals surface area contributed by atoms with E-state index < -0.39 is 0 Å². The van der Waals surface area contributed by atoms with Crippen LogP contribution in [-0.2, 0) is 24.1 Å². The number of nitrogens with one attached hydrogen (secondary N) is 2. The first-order valence-electron chi connectivity index (χ1n) is 9.47. The van der Waals surface area contributed by atoms with Crippen molar-refractivity contribution in [1.29, 1.82) is 0 Å². The first kappa shape index (κ1) is 19.0. The summed E-state index contributed by atoms with van der Waals surface area (Å²) in [5.74, 6) is -0.331. The van der Waals surface area contributed by atoms with Crippen molar-refractivity contribution in [1.82, 2.24) is 5.32 Å². The number of rotatable bonds is 5. The van der Waals surface area contributed by atoms with Gasteiger partial charge in [-0.25, -0.2) is 0 Å². The topological polar surface area (TPSA) is 78.4 Å². The fraction of sp³-hybridized carbons (Fsp3) is 0.364. The summed E-state index contributed by atoms with van der Waals surface area (Å²) >= 11 is 0. The molecule has 0 saturated heterocycles. The minimum absolute atomic E-state index is 0.0233. The number of carbonyl (C=O) groups excluding carboxylic acids is 2. The van der Waals surface area contributed by atoms with E-state index in [1.165, 1.54) is 0 Å². The standard InChI is InChI=1S/C22H26N2O3/c1-14(2)23-21(26)11-15-7-9-18(10-8-15)24-22(27)19-12-16-5-3-4-6-17(16)13-20(19)25/h7-10,12-14,25H,3-6,11H2,1-2H3,(H,23,26)(H,24,27). The van der Waals surface area contributed by atoms with E-state index >= 15 is 0 Å². The maximum absolute atomic E-state index is 12.6. The van der Waals surface area contributed by atoms with Crippen LogP contribution in [0.5, 0.6) is 5.75 Å². The van der Waals surface area contributed by atoms with Gasteiger partial charge in [0.1, 0.15) is 5.75 Å². The summed E-state index contributed by atoms with van der Waals surface area (Å²) in [6.07, 6.45) is 4.45. The van der Waals surface area contributed by atoms with Crippen molar-refractivity contribution in [2.45, 2.75) is 52.0 Å². The molecule has 0 saturated carbocycles. The van der Waals surface area contributed by atoms with Gasteiger partial charge in [-0.05, 0) is 80.5 Å². The molecule has 0 aromatic heterocycles. The zero-order valence-electron chi connectivity index (χ0n) is 15.8. The van der Waals surface area contributed by atoms with Crippen LogP contribution in [0.15, 0.2) is 36.4 Å². The molecule has 5 heteroatoms. The predicted octanol–water partition coefficient (Wildman–Crippen LogP) is 3.59. The van der Waals surface area contributed by atoms with Gasteiger partial charge in [-0.1, -0.05) is 12.1 Å². The SMILES string of the molecule is CC(C)NC(=O)Cc1ccc(NC(=O)c2cc3c(cc2O)CCCC3)cc1. The Hall–Kier alpha value is -2.82. The van der Waals surface area contributed by atoms with Crippen LogP contribution in [0.4, 0.5) is 5.69 Å². The van der Waals surface area contributed by atoms with Crippen LogP contribution < -0.4 is 10.6 Å². The number of hydrogen-bond donors (Lipinski definition) is 3. The number of aromatic hydroxyl groups is 1.